The molecule has 144 valence electrons. The fourth-order valence-electron chi connectivity index (χ4n) is 2.49. The number of nitrogens with one attached hydrogen (secondary N) is 2. The molecule has 1 unspecified atom stereocenters. The predicted octanol–water partition coefficient (Wildman–Crippen LogP) is 5.13. The summed E-state index contributed by atoms with van der Waals surface area (Å²) >= 11 is 6.11. The first-order valence-electron chi connectivity index (χ1n) is 8.53. The quantitative estimate of drug-likeness (QED) is 0.537. The number of rotatable bonds is 6. The molecular weight excluding hydrogens is 383 g/mol. The number of anilines is 1. The molecule has 28 heavy (non-hydrogen) atoms. The highest BCUT2D eigenvalue weighted by atomic mass is 35.5. The van der Waals surface area contributed by atoms with E-state index in [4.69, 9.17) is 16.3 Å². The maximum absolute atomic E-state index is 13.2. The van der Waals surface area contributed by atoms with Crippen LogP contribution in [0.25, 0.3) is 0 Å². The Bertz CT molecular complexity index is 968. The summed E-state index contributed by atoms with van der Waals surface area (Å²) in [5.41, 5.74) is 0.808. The number of para-hydroxylation sites is 3. The number of ether oxygens (including phenoxy) is 1. The van der Waals surface area contributed by atoms with E-state index in [2.05, 4.69) is 10.6 Å². The summed E-state index contributed by atoms with van der Waals surface area (Å²) in [6.07, 6.45) is -1.03. The summed E-state index contributed by atoms with van der Waals surface area (Å²) in [6, 6.07) is 18.9. The summed E-state index contributed by atoms with van der Waals surface area (Å²) in [5.74, 6) is 0.420. The minimum absolute atomic E-state index is 0.0805. The predicted molar refractivity (Wildman–Crippen MR) is 106 cm³/mol. The second kappa shape index (κ2) is 9.21. The number of aliphatic hydroxyl groups excluding tert-OH is 1. The molecule has 0 saturated heterocycles. The van der Waals surface area contributed by atoms with Gasteiger partial charge in [0.1, 0.15) is 11.6 Å². The van der Waals surface area contributed by atoms with Gasteiger partial charge in [-0.3, -0.25) is 0 Å². The second-order valence-electron chi connectivity index (χ2n) is 5.93. The van der Waals surface area contributed by atoms with Crippen LogP contribution in [-0.2, 0) is 0 Å². The monoisotopic (exact) mass is 400 g/mol. The first-order valence-corrected chi connectivity index (χ1v) is 8.90. The zero-order valence-corrected chi connectivity index (χ0v) is 15.5. The van der Waals surface area contributed by atoms with Crippen LogP contribution >= 0.6 is 11.6 Å². The van der Waals surface area contributed by atoms with Gasteiger partial charge in [0.15, 0.2) is 5.75 Å². The molecule has 0 aliphatic rings. The lowest BCUT2D eigenvalue weighted by Gasteiger charge is -2.15. The van der Waals surface area contributed by atoms with Crippen molar-refractivity contribution in [3.8, 4) is 11.5 Å². The molecular formula is C21H18ClFN2O3. The lowest BCUT2D eigenvalue weighted by molar-refractivity contribution is 0.174. The zero-order chi connectivity index (χ0) is 19.9. The van der Waals surface area contributed by atoms with Gasteiger partial charge in [-0.15, -0.1) is 0 Å². The molecule has 7 heteroatoms. The standard InChI is InChI=1S/C21H18ClFN2O3/c22-16-8-1-3-10-19(16)28-20-11-4-2-9-17(20)25-21(27)24-13-18(26)14-6-5-7-15(23)12-14/h1-12,18,26H,13H2,(H2,24,25,27). The van der Waals surface area contributed by atoms with Crippen LogP contribution in [0.5, 0.6) is 11.5 Å². The van der Waals surface area contributed by atoms with E-state index in [9.17, 15) is 14.3 Å². The van der Waals surface area contributed by atoms with Crippen molar-refractivity contribution in [3.63, 3.8) is 0 Å². The van der Waals surface area contributed by atoms with Gasteiger partial charge in [-0.05, 0) is 42.0 Å². The van der Waals surface area contributed by atoms with Gasteiger partial charge in [0, 0.05) is 6.54 Å². The first-order chi connectivity index (χ1) is 13.5. The Kier molecular flexibility index (Phi) is 6.47. The smallest absolute Gasteiger partial charge is 0.319 e. The van der Waals surface area contributed by atoms with Gasteiger partial charge in [-0.2, -0.15) is 0 Å². The molecule has 2 amide bonds. The topological polar surface area (TPSA) is 70.6 Å². The Labute approximate surface area is 166 Å². The van der Waals surface area contributed by atoms with Crippen molar-refractivity contribution in [2.75, 3.05) is 11.9 Å². The van der Waals surface area contributed by atoms with E-state index < -0.39 is 18.0 Å². The van der Waals surface area contributed by atoms with Crippen molar-refractivity contribution in [2.24, 2.45) is 0 Å². The fourth-order valence-corrected chi connectivity index (χ4v) is 2.67. The number of amides is 2. The molecule has 0 aliphatic heterocycles. The molecule has 0 aliphatic carbocycles. The average Bonchev–Trinajstić information content (AvgIpc) is 2.69. The molecule has 3 aromatic rings. The number of aliphatic hydroxyl groups is 1. The van der Waals surface area contributed by atoms with Crippen LogP contribution in [0.15, 0.2) is 72.8 Å². The van der Waals surface area contributed by atoms with Crippen molar-refractivity contribution in [1.82, 2.24) is 5.32 Å². The van der Waals surface area contributed by atoms with Gasteiger partial charge in [0.25, 0.3) is 0 Å². The van der Waals surface area contributed by atoms with Crippen LogP contribution in [-0.4, -0.2) is 17.7 Å². The number of carbonyl (C=O) groups is 1. The largest absolute Gasteiger partial charge is 0.454 e. The third kappa shape index (κ3) is 5.22. The highest BCUT2D eigenvalue weighted by Crippen LogP contribution is 2.33. The molecule has 5 nitrogen and oxygen atoms in total. The van der Waals surface area contributed by atoms with Crippen molar-refractivity contribution in [1.29, 1.82) is 0 Å². The highest BCUT2D eigenvalue weighted by Gasteiger charge is 2.13. The second-order valence-corrected chi connectivity index (χ2v) is 6.34. The molecule has 0 heterocycles. The molecule has 0 spiro atoms. The highest BCUT2D eigenvalue weighted by molar-refractivity contribution is 6.32. The summed E-state index contributed by atoms with van der Waals surface area (Å²) in [4.78, 5) is 12.2. The summed E-state index contributed by atoms with van der Waals surface area (Å²) < 4.78 is 19.0. The van der Waals surface area contributed by atoms with Gasteiger partial charge in [-0.25, -0.2) is 9.18 Å². The van der Waals surface area contributed by atoms with Crippen LogP contribution in [0.3, 0.4) is 0 Å². The average molecular weight is 401 g/mol. The number of hydrogen-bond acceptors (Lipinski definition) is 3. The number of benzene rings is 3. The minimum atomic E-state index is -1.03. The van der Waals surface area contributed by atoms with Crippen molar-refractivity contribution in [2.45, 2.75) is 6.10 Å². The van der Waals surface area contributed by atoms with E-state index in [0.29, 0.717) is 27.8 Å². The Morgan fingerprint density at radius 2 is 1.75 bits per heavy atom. The van der Waals surface area contributed by atoms with Crippen molar-refractivity contribution < 1.29 is 19.0 Å². The van der Waals surface area contributed by atoms with Crippen LogP contribution in [0.4, 0.5) is 14.9 Å². The number of hydrogen-bond donors (Lipinski definition) is 3. The number of halogens is 2. The number of urea groups is 1. The minimum Gasteiger partial charge on any atom is -0.454 e. The molecule has 3 rings (SSSR count). The van der Waals surface area contributed by atoms with E-state index in [0.717, 1.165) is 0 Å². The van der Waals surface area contributed by atoms with E-state index >= 15 is 0 Å². The third-order valence-corrected chi connectivity index (χ3v) is 4.19. The van der Waals surface area contributed by atoms with E-state index in [1.165, 1.54) is 18.2 Å². The van der Waals surface area contributed by atoms with Crippen molar-refractivity contribution >= 4 is 23.3 Å². The fraction of sp³-hybridized carbons (Fsp3) is 0.0952. The lowest BCUT2D eigenvalue weighted by atomic mass is 10.1. The Morgan fingerprint density at radius 1 is 1.04 bits per heavy atom. The Morgan fingerprint density at radius 3 is 2.50 bits per heavy atom. The summed E-state index contributed by atoms with van der Waals surface area (Å²) in [6.45, 7) is -0.0805. The van der Waals surface area contributed by atoms with Crippen LogP contribution in [0.2, 0.25) is 5.02 Å². The zero-order valence-electron chi connectivity index (χ0n) is 14.7. The molecule has 0 bridgehead atoms. The van der Waals surface area contributed by atoms with Crippen molar-refractivity contribution in [3.05, 3.63) is 89.2 Å². The Balaban J connectivity index is 1.62. The van der Waals surface area contributed by atoms with Crippen LogP contribution < -0.4 is 15.4 Å². The van der Waals surface area contributed by atoms with E-state index in [1.54, 1.807) is 54.6 Å². The lowest BCUT2D eigenvalue weighted by Crippen LogP contribution is -2.32. The molecule has 3 aromatic carbocycles. The van der Waals surface area contributed by atoms with Gasteiger partial charge < -0.3 is 20.5 Å². The van der Waals surface area contributed by atoms with Gasteiger partial charge in [-0.1, -0.05) is 48.0 Å². The maximum atomic E-state index is 13.2. The normalized spacial score (nSPS) is 11.5. The molecule has 0 radical (unpaired) electrons. The Hall–Kier alpha value is -3.09. The van der Waals surface area contributed by atoms with E-state index in [1.807, 2.05) is 0 Å². The SMILES string of the molecule is O=C(NCC(O)c1cccc(F)c1)Nc1ccccc1Oc1ccccc1Cl. The number of carbonyl (C=O) groups excluding carboxylic acids is 1. The molecule has 0 fully saturated rings. The molecule has 3 N–H and O–H groups in total. The summed E-state index contributed by atoms with van der Waals surface area (Å²) in [5, 5.41) is 15.7. The van der Waals surface area contributed by atoms with Crippen LogP contribution in [0.1, 0.15) is 11.7 Å². The van der Waals surface area contributed by atoms with E-state index in [-0.39, 0.29) is 6.54 Å². The molecule has 1 atom stereocenters. The third-order valence-electron chi connectivity index (χ3n) is 3.88. The molecule has 0 saturated carbocycles. The van der Waals surface area contributed by atoms with Gasteiger partial charge in [0.2, 0.25) is 0 Å². The van der Waals surface area contributed by atoms with Crippen LogP contribution in [0, 0.1) is 5.82 Å². The van der Waals surface area contributed by atoms with Gasteiger partial charge in [0.05, 0.1) is 16.8 Å². The maximum Gasteiger partial charge on any atom is 0.319 e. The van der Waals surface area contributed by atoms with Gasteiger partial charge >= 0.3 is 6.03 Å². The first kappa shape index (κ1) is 19.7. The summed E-state index contributed by atoms with van der Waals surface area (Å²) in [7, 11) is 0. The molecule has 0 aromatic heterocycles.